The highest BCUT2D eigenvalue weighted by molar-refractivity contribution is 6.01. The number of ether oxygens (including phenoxy) is 5. The molecule has 0 radical (unpaired) electrons. The third-order valence-corrected chi connectivity index (χ3v) is 6.77. The number of esters is 1. The Morgan fingerprint density at radius 2 is 1.71 bits per heavy atom. The molecule has 2 saturated heterocycles. The molecule has 0 saturated carbocycles. The van der Waals surface area contributed by atoms with E-state index in [1.54, 1.807) is 12.1 Å². The zero-order valence-corrected chi connectivity index (χ0v) is 20.7. The molecule has 0 unspecified atom stereocenters. The Bertz CT molecular complexity index is 1160. The van der Waals surface area contributed by atoms with E-state index < -0.39 is 55.1 Å². The molecule has 0 spiro atoms. The molecule has 38 heavy (non-hydrogen) atoms. The Kier molecular flexibility index (Phi) is 8.38. The van der Waals surface area contributed by atoms with Gasteiger partial charge < -0.3 is 49.2 Å². The Balaban J connectivity index is 1.52. The largest absolute Gasteiger partial charge is 0.504 e. The molecule has 206 valence electrons. The first-order valence-electron chi connectivity index (χ1n) is 11.9. The Hall–Kier alpha value is -3.42. The predicted octanol–water partition coefficient (Wildman–Crippen LogP) is -0.197. The van der Waals surface area contributed by atoms with Gasteiger partial charge in [0.05, 0.1) is 32.7 Å². The number of carbonyl (C=O) groups excluding carboxylic acids is 2. The summed E-state index contributed by atoms with van der Waals surface area (Å²) in [4.78, 5) is 25.9. The summed E-state index contributed by atoms with van der Waals surface area (Å²) in [5.74, 6) is -2.02. The van der Waals surface area contributed by atoms with Crippen molar-refractivity contribution < 1.29 is 58.8 Å². The van der Waals surface area contributed by atoms with Crippen molar-refractivity contribution in [3.63, 3.8) is 0 Å². The summed E-state index contributed by atoms with van der Waals surface area (Å²) in [5, 5.41) is 49.4. The predicted molar refractivity (Wildman–Crippen MR) is 128 cm³/mol. The number of hydrogen-bond acceptors (Lipinski definition) is 12. The van der Waals surface area contributed by atoms with E-state index in [1.165, 1.54) is 38.5 Å². The fourth-order valence-electron chi connectivity index (χ4n) is 4.57. The van der Waals surface area contributed by atoms with Gasteiger partial charge in [-0.05, 0) is 42.3 Å². The number of cyclic esters (lactones) is 1. The van der Waals surface area contributed by atoms with Crippen LogP contribution < -0.4 is 14.2 Å². The molecule has 5 N–H and O–H groups in total. The normalized spacial score (nSPS) is 29.0. The van der Waals surface area contributed by atoms with Crippen LogP contribution in [0.15, 0.2) is 36.4 Å². The standard InChI is InChI=1S/C26H30O12/c1-34-18-8-12(3-5-16(18)28)7-14-15(11-36-25(14)33)21(29)13-4-6-17(19(9-13)35-2)37-26-24(32)23(31)22(30)20(10-27)38-26/h3-6,8-9,14-15,20,22-24,26-28,30-32H,7,10-11H2,1-2H3/t14-,15+,20-,22-,23+,24-,26-/m1/s1. The van der Waals surface area contributed by atoms with Crippen molar-refractivity contribution in [1.29, 1.82) is 0 Å². The molecular weight excluding hydrogens is 504 g/mol. The lowest BCUT2D eigenvalue weighted by molar-refractivity contribution is -0.277. The third kappa shape index (κ3) is 5.40. The maximum Gasteiger partial charge on any atom is 0.310 e. The van der Waals surface area contributed by atoms with Gasteiger partial charge in [0.2, 0.25) is 6.29 Å². The SMILES string of the molecule is COc1cc(C[C@H]2C(=O)OC[C@@H]2C(=O)c2ccc(O[C@@H]3O[C@H](CO)[C@@H](O)[C@H](O)[C@H]3O)c(OC)c2)ccc1O. The van der Waals surface area contributed by atoms with Crippen LogP contribution in [0.5, 0.6) is 23.0 Å². The molecule has 0 bridgehead atoms. The molecule has 7 atom stereocenters. The summed E-state index contributed by atoms with van der Waals surface area (Å²) in [5.41, 5.74) is 0.904. The fourth-order valence-corrected chi connectivity index (χ4v) is 4.57. The maximum absolute atomic E-state index is 13.4. The van der Waals surface area contributed by atoms with Gasteiger partial charge in [0.15, 0.2) is 28.8 Å². The quantitative estimate of drug-likeness (QED) is 0.211. The highest BCUT2D eigenvalue weighted by Crippen LogP contribution is 2.36. The van der Waals surface area contributed by atoms with E-state index in [-0.39, 0.29) is 47.4 Å². The minimum atomic E-state index is -1.63. The molecule has 0 amide bonds. The Morgan fingerprint density at radius 1 is 0.974 bits per heavy atom. The summed E-state index contributed by atoms with van der Waals surface area (Å²) < 4.78 is 26.7. The minimum absolute atomic E-state index is 0.0454. The van der Waals surface area contributed by atoms with Crippen LogP contribution in [-0.2, 0) is 20.7 Å². The summed E-state index contributed by atoms with van der Waals surface area (Å²) in [7, 11) is 2.75. The average Bonchev–Trinajstić information content (AvgIpc) is 3.29. The molecule has 4 rings (SSSR count). The first-order valence-corrected chi connectivity index (χ1v) is 11.9. The van der Waals surface area contributed by atoms with E-state index in [2.05, 4.69) is 0 Å². The van der Waals surface area contributed by atoms with E-state index in [4.69, 9.17) is 23.7 Å². The van der Waals surface area contributed by atoms with Crippen molar-refractivity contribution >= 4 is 11.8 Å². The van der Waals surface area contributed by atoms with Crippen LogP contribution >= 0.6 is 0 Å². The number of carbonyl (C=O) groups is 2. The van der Waals surface area contributed by atoms with E-state index in [9.17, 15) is 35.1 Å². The second-order valence-electron chi connectivity index (χ2n) is 9.10. The summed E-state index contributed by atoms with van der Waals surface area (Å²) in [6, 6.07) is 8.95. The summed E-state index contributed by atoms with van der Waals surface area (Å²) in [6.07, 6.45) is -7.18. The van der Waals surface area contributed by atoms with Gasteiger partial charge in [-0.1, -0.05) is 6.07 Å². The Labute approximate surface area is 217 Å². The average molecular weight is 535 g/mol. The van der Waals surface area contributed by atoms with Crippen LogP contribution in [0.1, 0.15) is 15.9 Å². The first-order chi connectivity index (χ1) is 18.2. The lowest BCUT2D eigenvalue weighted by Crippen LogP contribution is -2.60. The van der Waals surface area contributed by atoms with E-state index in [1.807, 2.05) is 0 Å². The van der Waals surface area contributed by atoms with Crippen molar-refractivity contribution in [3.05, 3.63) is 47.5 Å². The molecule has 0 aliphatic carbocycles. The molecule has 2 fully saturated rings. The van der Waals surface area contributed by atoms with Gasteiger partial charge in [0.1, 0.15) is 31.0 Å². The van der Waals surface area contributed by atoms with Gasteiger partial charge in [0.25, 0.3) is 0 Å². The molecule has 2 aliphatic rings. The Morgan fingerprint density at radius 3 is 2.39 bits per heavy atom. The highest BCUT2D eigenvalue weighted by atomic mass is 16.7. The number of hydrogen-bond donors (Lipinski definition) is 5. The zero-order valence-electron chi connectivity index (χ0n) is 20.7. The van der Waals surface area contributed by atoms with E-state index in [0.29, 0.717) is 5.56 Å². The van der Waals surface area contributed by atoms with Crippen LogP contribution in [0.3, 0.4) is 0 Å². The van der Waals surface area contributed by atoms with Crippen molar-refractivity contribution in [2.24, 2.45) is 11.8 Å². The second kappa shape index (κ2) is 11.5. The summed E-state index contributed by atoms with van der Waals surface area (Å²) in [6.45, 7) is -0.710. The zero-order chi connectivity index (χ0) is 27.6. The summed E-state index contributed by atoms with van der Waals surface area (Å²) >= 11 is 0. The lowest BCUT2D eigenvalue weighted by Gasteiger charge is -2.39. The number of aliphatic hydroxyl groups is 4. The van der Waals surface area contributed by atoms with Crippen LogP contribution in [0.2, 0.25) is 0 Å². The van der Waals surface area contributed by atoms with Crippen LogP contribution in [0, 0.1) is 11.8 Å². The molecule has 12 nitrogen and oxygen atoms in total. The van der Waals surface area contributed by atoms with Crippen molar-refractivity contribution in [1.82, 2.24) is 0 Å². The smallest absolute Gasteiger partial charge is 0.310 e. The number of Topliss-reactive ketones (excluding diaryl/α,β-unsaturated/α-hetero) is 1. The van der Waals surface area contributed by atoms with Crippen LogP contribution in [0.25, 0.3) is 0 Å². The fraction of sp³-hybridized carbons (Fsp3) is 0.462. The molecule has 2 aromatic carbocycles. The molecule has 2 aliphatic heterocycles. The molecule has 2 heterocycles. The first kappa shape index (κ1) is 27.6. The number of ketones is 1. The van der Waals surface area contributed by atoms with Crippen molar-refractivity contribution in [2.75, 3.05) is 27.4 Å². The van der Waals surface area contributed by atoms with Gasteiger partial charge in [0, 0.05) is 5.56 Å². The number of rotatable bonds is 9. The molecule has 0 aromatic heterocycles. The number of methoxy groups -OCH3 is 2. The second-order valence-corrected chi connectivity index (χ2v) is 9.10. The number of aromatic hydroxyl groups is 1. The van der Waals surface area contributed by atoms with Gasteiger partial charge >= 0.3 is 5.97 Å². The maximum atomic E-state index is 13.4. The van der Waals surface area contributed by atoms with Crippen molar-refractivity contribution in [2.45, 2.75) is 37.1 Å². The van der Waals surface area contributed by atoms with Crippen LogP contribution in [0.4, 0.5) is 0 Å². The minimum Gasteiger partial charge on any atom is -0.504 e. The van der Waals surface area contributed by atoms with Gasteiger partial charge in [-0.2, -0.15) is 0 Å². The van der Waals surface area contributed by atoms with Gasteiger partial charge in [-0.15, -0.1) is 0 Å². The monoisotopic (exact) mass is 534 g/mol. The van der Waals surface area contributed by atoms with Crippen LogP contribution in [-0.4, -0.2) is 95.4 Å². The van der Waals surface area contributed by atoms with Gasteiger partial charge in [-0.25, -0.2) is 0 Å². The van der Waals surface area contributed by atoms with Gasteiger partial charge in [-0.3, -0.25) is 9.59 Å². The highest BCUT2D eigenvalue weighted by Gasteiger charge is 2.45. The van der Waals surface area contributed by atoms with Crippen molar-refractivity contribution in [3.8, 4) is 23.0 Å². The topological polar surface area (TPSA) is 181 Å². The molecule has 12 heteroatoms. The molecule has 2 aromatic rings. The lowest BCUT2D eigenvalue weighted by atomic mass is 9.84. The number of phenolic OH excluding ortho intramolecular Hbond substituents is 1. The van der Waals surface area contributed by atoms with E-state index in [0.717, 1.165) is 0 Å². The molecular formula is C26H30O12. The van der Waals surface area contributed by atoms with E-state index >= 15 is 0 Å². The third-order valence-electron chi connectivity index (χ3n) is 6.77. The number of aliphatic hydroxyl groups excluding tert-OH is 4. The number of phenols is 1. The number of benzene rings is 2.